The molecular formula is C25H24N4O4S2. The van der Waals surface area contributed by atoms with Gasteiger partial charge in [0.25, 0.3) is 11.5 Å². The van der Waals surface area contributed by atoms with Crippen molar-refractivity contribution >= 4 is 51.7 Å². The summed E-state index contributed by atoms with van der Waals surface area (Å²) in [5, 5.41) is 3.28. The Bertz CT molecular complexity index is 1360. The maximum absolute atomic E-state index is 13.4. The number of thioether (sulfide) groups is 1. The Morgan fingerprint density at radius 1 is 1.26 bits per heavy atom. The van der Waals surface area contributed by atoms with E-state index in [1.54, 1.807) is 36.4 Å². The van der Waals surface area contributed by atoms with Crippen LogP contribution in [0.3, 0.4) is 0 Å². The molecule has 1 atom stereocenters. The van der Waals surface area contributed by atoms with Crippen LogP contribution >= 0.6 is 24.0 Å². The highest BCUT2D eigenvalue weighted by Crippen LogP contribution is 2.34. The molecule has 3 aromatic rings. The van der Waals surface area contributed by atoms with E-state index < -0.39 is 0 Å². The number of methoxy groups -OCH3 is 1. The van der Waals surface area contributed by atoms with Crippen molar-refractivity contribution < 1.29 is 14.3 Å². The molecule has 1 amide bonds. The summed E-state index contributed by atoms with van der Waals surface area (Å²) < 4.78 is 12.8. The van der Waals surface area contributed by atoms with Crippen molar-refractivity contribution in [3.8, 4) is 5.75 Å². The summed E-state index contributed by atoms with van der Waals surface area (Å²) in [4.78, 5) is 33.2. The second-order valence-corrected chi connectivity index (χ2v) is 9.92. The Labute approximate surface area is 211 Å². The van der Waals surface area contributed by atoms with E-state index in [1.807, 2.05) is 30.3 Å². The van der Waals surface area contributed by atoms with E-state index in [-0.39, 0.29) is 17.6 Å². The van der Waals surface area contributed by atoms with Gasteiger partial charge in [0, 0.05) is 19.3 Å². The fraction of sp³-hybridized carbons (Fsp3) is 0.280. The predicted molar refractivity (Wildman–Crippen MR) is 141 cm³/mol. The molecule has 2 aromatic heterocycles. The average molecular weight is 509 g/mol. The minimum atomic E-state index is -0.258. The maximum Gasteiger partial charge on any atom is 0.267 e. The van der Waals surface area contributed by atoms with Crippen LogP contribution in [-0.2, 0) is 16.1 Å². The van der Waals surface area contributed by atoms with Gasteiger partial charge in [0.1, 0.15) is 21.5 Å². The molecule has 8 nitrogen and oxygen atoms in total. The average Bonchev–Trinajstić information content (AvgIpc) is 3.49. The van der Waals surface area contributed by atoms with Crippen molar-refractivity contribution in [2.24, 2.45) is 0 Å². The van der Waals surface area contributed by atoms with Crippen molar-refractivity contribution in [1.29, 1.82) is 0 Å². The van der Waals surface area contributed by atoms with Gasteiger partial charge in [0.05, 0.1) is 30.2 Å². The zero-order valence-electron chi connectivity index (χ0n) is 19.1. The number of fused-ring (bicyclic) bond motifs is 1. The van der Waals surface area contributed by atoms with Gasteiger partial charge in [-0.05, 0) is 48.7 Å². The molecule has 1 N–H and O–H groups in total. The van der Waals surface area contributed by atoms with Crippen molar-refractivity contribution in [2.75, 3.05) is 25.6 Å². The molecule has 2 fully saturated rings. The molecule has 0 spiro atoms. The molecule has 1 aromatic carbocycles. The van der Waals surface area contributed by atoms with Gasteiger partial charge < -0.3 is 14.8 Å². The van der Waals surface area contributed by atoms with Gasteiger partial charge in [-0.15, -0.1) is 0 Å². The molecular weight excluding hydrogens is 484 g/mol. The number of anilines is 1. The molecule has 0 unspecified atom stereocenters. The summed E-state index contributed by atoms with van der Waals surface area (Å²) in [7, 11) is 1.61. The first-order valence-electron chi connectivity index (χ1n) is 11.3. The van der Waals surface area contributed by atoms with E-state index in [2.05, 4.69) is 10.3 Å². The molecule has 2 saturated heterocycles. The number of thiocarbonyl (C=S) groups is 1. The van der Waals surface area contributed by atoms with Crippen LogP contribution in [0.15, 0.2) is 58.4 Å². The smallest absolute Gasteiger partial charge is 0.267 e. The van der Waals surface area contributed by atoms with E-state index in [0.717, 1.165) is 30.8 Å². The van der Waals surface area contributed by atoms with Crippen LogP contribution in [0.4, 0.5) is 5.82 Å². The summed E-state index contributed by atoms with van der Waals surface area (Å²) in [5.74, 6) is 0.932. The van der Waals surface area contributed by atoms with Gasteiger partial charge in [0.2, 0.25) is 0 Å². The summed E-state index contributed by atoms with van der Waals surface area (Å²) >= 11 is 6.68. The van der Waals surface area contributed by atoms with E-state index in [1.165, 1.54) is 16.2 Å². The third kappa shape index (κ3) is 4.95. The van der Waals surface area contributed by atoms with Crippen LogP contribution < -0.4 is 15.6 Å². The first-order chi connectivity index (χ1) is 17.0. The number of amides is 1. The number of hydrogen-bond donors (Lipinski definition) is 1. The van der Waals surface area contributed by atoms with Crippen molar-refractivity contribution in [3.63, 3.8) is 0 Å². The second kappa shape index (κ2) is 10.2. The summed E-state index contributed by atoms with van der Waals surface area (Å²) in [6.45, 7) is 1.61. The Morgan fingerprint density at radius 3 is 2.83 bits per heavy atom. The maximum atomic E-state index is 13.4. The quantitative estimate of drug-likeness (QED) is 0.382. The Morgan fingerprint density at radius 2 is 2.09 bits per heavy atom. The van der Waals surface area contributed by atoms with E-state index >= 15 is 0 Å². The molecule has 0 aliphatic carbocycles. The largest absolute Gasteiger partial charge is 0.497 e. The van der Waals surface area contributed by atoms with Gasteiger partial charge in [-0.25, -0.2) is 4.98 Å². The lowest BCUT2D eigenvalue weighted by Gasteiger charge is -2.15. The van der Waals surface area contributed by atoms with Gasteiger partial charge >= 0.3 is 0 Å². The minimum Gasteiger partial charge on any atom is -0.497 e. The van der Waals surface area contributed by atoms with Crippen LogP contribution in [0.2, 0.25) is 0 Å². The molecule has 0 bridgehead atoms. The highest BCUT2D eigenvalue weighted by molar-refractivity contribution is 8.26. The van der Waals surface area contributed by atoms with Crippen molar-refractivity contribution in [2.45, 2.75) is 25.5 Å². The zero-order chi connectivity index (χ0) is 24.4. The lowest BCUT2D eigenvalue weighted by atomic mass is 10.2. The number of nitrogens with zero attached hydrogens (tertiary/aromatic N) is 3. The number of aromatic nitrogens is 2. The molecule has 10 heteroatoms. The number of carbonyl (C=O) groups excluding carboxylic acids is 1. The number of ether oxygens (including phenoxy) is 2. The fourth-order valence-electron chi connectivity index (χ4n) is 4.06. The second-order valence-electron chi connectivity index (χ2n) is 8.24. The molecule has 35 heavy (non-hydrogen) atoms. The summed E-state index contributed by atoms with van der Waals surface area (Å²) in [6, 6.07) is 12.9. The Hall–Kier alpha value is -3.21. The molecule has 180 valence electrons. The first kappa shape index (κ1) is 23.5. The Balaban J connectivity index is 1.46. The van der Waals surface area contributed by atoms with E-state index in [0.29, 0.717) is 39.3 Å². The zero-order valence-corrected chi connectivity index (χ0v) is 20.7. The third-order valence-corrected chi connectivity index (χ3v) is 7.32. The van der Waals surface area contributed by atoms with Gasteiger partial charge in [-0.3, -0.25) is 18.9 Å². The van der Waals surface area contributed by atoms with Crippen molar-refractivity contribution in [3.05, 3.63) is 75.0 Å². The highest BCUT2D eigenvalue weighted by Gasteiger charge is 2.32. The van der Waals surface area contributed by atoms with Crippen molar-refractivity contribution in [1.82, 2.24) is 14.3 Å². The number of rotatable bonds is 7. The number of hydrogen-bond acceptors (Lipinski definition) is 8. The minimum absolute atomic E-state index is 0.0709. The van der Waals surface area contributed by atoms with Crippen LogP contribution in [0.1, 0.15) is 24.0 Å². The van der Waals surface area contributed by atoms with Crippen LogP contribution in [0.5, 0.6) is 5.75 Å². The summed E-state index contributed by atoms with van der Waals surface area (Å²) in [6.07, 6.45) is 5.31. The van der Waals surface area contributed by atoms with Gasteiger partial charge in [-0.1, -0.05) is 42.2 Å². The number of nitrogens with one attached hydrogen (secondary N) is 1. The topological polar surface area (TPSA) is 85.2 Å². The Kier molecular flexibility index (Phi) is 6.85. The predicted octanol–water partition coefficient (Wildman–Crippen LogP) is 3.70. The number of carbonyl (C=O) groups is 1. The van der Waals surface area contributed by atoms with Crippen LogP contribution in [0, 0.1) is 0 Å². The molecule has 0 radical (unpaired) electrons. The molecule has 2 aliphatic heterocycles. The lowest BCUT2D eigenvalue weighted by molar-refractivity contribution is -0.122. The molecule has 0 saturated carbocycles. The first-order valence-corrected chi connectivity index (χ1v) is 12.5. The molecule has 5 rings (SSSR count). The number of benzene rings is 1. The van der Waals surface area contributed by atoms with Gasteiger partial charge in [-0.2, -0.15) is 0 Å². The lowest BCUT2D eigenvalue weighted by Crippen LogP contribution is -2.27. The van der Waals surface area contributed by atoms with E-state index in [4.69, 9.17) is 21.7 Å². The van der Waals surface area contributed by atoms with E-state index in [9.17, 15) is 9.59 Å². The van der Waals surface area contributed by atoms with Gasteiger partial charge in [0.15, 0.2) is 0 Å². The number of pyridine rings is 1. The molecule has 4 heterocycles. The monoisotopic (exact) mass is 508 g/mol. The molecule has 2 aliphatic rings. The highest BCUT2D eigenvalue weighted by atomic mass is 32.2. The van der Waals surface area contributed by atoms with Crippen LogP contribution in [-0.4, -0.2) is 50.9 Å². The SMILES string of the molecule is COc1ccc(CN2C(=O)/C(=C/c3c(NC[C@H]4CCCO4)nc4ccccn4c3=O)SC2=S)cc1. The normalized spacial score (nSPS) is 19.2. The summed E-state index contributed by atoms with van der Waals surface area (Å²) in [5.41, 5.74) is 1.51. The third-order valence-electron chi connectivity index (χ3n) is 5.94. The fourth-order valence-corrected chi connectivity index (χ4v) is 5.30. The van der Waals surface area contributed by atoms with Crippen LogP contribution in [0.25, 0.3) is 11.7 Å². The standard InChI is InChI=1S/C25H24N4O4S2/c1-32-17-9-7-16(8-10-17)15-29-24(31)20(35-25(29)34)13-19-22(26-14-18-5-4-12-33-18)27-21-6-2-3-11-28(21)23(19)30/h2-3,6-11,13,18,26H,4-5,12,14-15H2,1H3/b20-13-/t18-/m1/s1.